The van der Waals surface area contributed by atoms with Crippen LogP contribution >= 0.6 is 0 Å². The van der Waals surface area contributed by atoms with Gasteiger partial charge in [0, 0.05) is 6.54 Å². The number of alkyl carbamates (subject to hydrolysis) is 1. The van der Waals surface area contributed by atoms with Gasteiger partial charge in [-0.3, -0.25) is 0 Å². The standard InChI is InChI=1S/C13H25F3N2O2/c1-9(2)8-18-10(13(14,15)16)6-7-17-11(19)20-12(3,4)5/h9-10,18H,6-8H2,1-5H3,(H,17,19). The first-order valence-corrected chi connectivity index (χ1v) is 6.68. The van der Waals surface area contributed by atoms with E-state index in [0.717, 1.165) is 0 Å². The van der Waals surface area contributed by atoms with Crippen LogP contribution < -0.4 is 10.6 Å². The fraction of sp³-hybridized carbons (Fsp3) is 0.923. The fourth-order valence-corrected chi connectivity index (χ4v) is 1.39. The summed E-state index contributed by atoms with van der Waals surface area (Å²) < 4.78 is 43.2. The zero-order valence-electron chi connectivity index (χ0n) is 12.7. The largest absolute Gasteiger partial charge is 0.444 e. The zero-order chi connectivity index (χ0) is 16.0. The Labute approximate surface area is 118 Å². The van der Waals surface area contributed by atoms with Crippen molar-refractivity contribution in [2.45, 2.75) is 58.9 Å². The van der Waals surface area contributed by atoms with E-state index in [1.165, 1.54) is 0 Å². The second kappa shape index (κ2) is 7.71. The molecule has 0 aliphatic heterocycles. The molecule has 0 aromatic rings. The summed E-state index contributed by atoms with van der Waals surface area (Å²) in [6.07, 6.45) is -5.26. The topological polar surface area (TPSA) is 50.4 Å². The van der Waals surface area contributed by atoms with E-state index >= 15 is 0 Å². The van der Waals surface area contributed by atoms with Crippen molar-refractivity contribution in [2.24, 2.45) is 5.92 Å². The highest BCUT2D eigenvalue weighted by Gasteiger charge is 2.38. The van der Waals surface area contributed by atoms with E-state index in [1.807, 2.05) is 13.8 Å². The van der Waals surface area contributed by atoms with Gasteiger partial charge in [-0.25, -0.2) is 4.79 Å². The summed E-state index contributed by atoms with van der Waals surface area (Å²) in [5.74, 6) is 0.124. The van der Waals surface area contributed by atoms with Crippen LogP contribution in [0.15, 0.2) is 0 Å². The summed E-state index contributed by atoms with van der Waals surface area (Å²) >= 11 is 0. The van der Waals surface area contributed by atoms with Crippen molar-refractivity contribution in [1.29, 1.82) is 0 Å². The predicted octanol–water partition coefficient (Wildman–Crippen LogP) is 3.08. The number of rotatable bonds is 6. The van der Waals surface area contributed by atoms with Crippen molar-refractivity contribution in [3.63, 3.8) is 0 Å². The number of hydrogen-bond acceptors (Lipinski definition) is 3. The zero-order valence-corrected chi connectivity index (χ0v) is 12.7. The maximum absolute atomic E-state index is 12.8. The maximum Gasteiger partial charge on any atom is 0.407 e. The second-order valence-corrected chi connectivity index (χ2v) is 6.11. The van der Waals surface area contributed by atoms with Crippen molar-refractivity contribution < 1.29 is 22.7 Å². The summed E-state index contributed by atoms with van der Waals surface area (Å²) in [4.78, 5) is 11.3. The van der Waals surface area contributed by atoms with E-state index in [4.69, 9.17) is 4.74 Å². The minimum atomic E-state index is -4.33. The van der Waals surface area contributed by atoms with Crippen LogP contribution in [-0.2, 0) is 4.74 Å². The van der Waals surface area contributed by atoms with E-state index in [1.54, 1.807) is 20.8 Å². The monoisotopic (exact) mass is 298 g/mol. The number of nitrogens with one attached hydrogen (secondary N) is 2. The molecular weight excluding hydrogens is 273 g/mol. The second-order valence-electron chi connectivity index (χ2n) is 6.11. The van der Waals surface area contributed by atoms with Crippen molar-refractivity contribution in [3.05, 3.63) is 0 Å². The summed E-state index contributed by atoms with van der Waals surface area (Å²) in [5, 5.41) is 4.79. The van der Waals surface area contributed by atoms with Gasteiger partial charge in [0.25, 0.3) is 0 Å². The molecule has 4 nitrogen and oxygen atoms in total. The molecule has 0 aliphatic rings. The minimum absolute atomic E-state index is 0.0931. The number of amides is 1. The number of hydrogen-bond donors (Lipinski definition) is 2. The maximum atomic E-state index is 12.8. The van der Waals surface area contributed by atoms with Gasteiger partial charge in [0.05, 0.1) is 0 Å². The SMILES string of the molecule is CC(C)CNC(CCNC(=O)OC(C)(C)C)C(F)(F)F. The van der Waals surface area contributed by atoms with Gasteiger partial charge in [-0.1, -0.05) is 13.8 Å². The molecule has 7 heteroatoms. The molecule has 0 spiro atoms. The lowest BCUT2D eigenvalue weighted by atomic mass is 10.1. The Bertz CT molecular complexity index is 299. The molecule has 0 heterocycles. The smallest absolute Gasteiger partial charge is 0.407 e. The van der Waals surface area contributed by atoms with Crippen LogP contribution in [-0.4, -0.2) is 37.0 Å². The Morgan fingerprint density at radius 2 is 1.75 bits per heavy atom. The van der Waals surface area contributed by atoms with Crippen molar-refractivity contribution >= 4 is 6.09 Å². The van der Waals surface area contributed by atoms with Crippen molar-refractivity contribution in [1.82, 2.24) is 10.6 Å². The van der Waals surface area contributed by atoms with Crippen LogP contribution in [0.2, 0.25) is 0 Å². The molecule has 0 saturated heterocycles. The summed E-state index contributed by atoms with van der Waals surface area (Å²) in [6.45, 7) is 8.92. The molecule has 2 N–H and O–H groups in total. The van der Waals surface area contributed by atoms with Crippen LogP contribution in [0.4, 0.5) is 18.0 Å². The first-order chi connectivity index (χ1) is 8.92. The van der Waals surface area contributed by atoms with Crippen LogP contribution in [0.1, 0.15) is 41.0 Å². The molecule has 0 aliphatic carbocycles. The summed E-state index contributed by atoms with van der Waals surface area (Å²) in [5.41, 5.74) is -0.663. The molecule has 0 bridgehead atoms. The molecule has 0 fully saturated rings. The van der Waals surface area contributed by atoms with Crippen molar-refractivity contribution in [3.8, 4) is 0 Å². The Kier molecular flexibility index (Phi) is 7.33. The van der Waals surface area contributed by atoms with Crippen LogP contribution in [0, 0.1) is 5.92 Å². The third-order valence-corrected chi connectivity index (χ3v) is 2.27. The Morgan fingerprint density at radius 3 is 2.15 bits per heavy atom. The molecule has 20 heavy (non-hydrogen) atoms. The van der Waals surface area contributed by atoms with Crippen LogP contribution in [0.5, 0.6) is 0 Å². The predicted molar refractivity (Wildman–Crippen MR) is 71.5 cm³/mol. The molecule has 0 saturated carbocycles. The third kappa shape index (κ3) is 9.89. The minimum Gasteiger partial charge on any atom is -0.444 e. The highest BCUT2D eigenvalue weighted by atomic mass is 19.4. The molecule has 0 radical (unpaired) electrons. The molecule has 0 aromatic heterocycles. The summed E-state index contributed by atoms with van der Waals surface area (Å²) in [7, 11) is 0. The quantitative estimate of drug-likeness (QED) is 0.792. The molecule has 1 atom stereocenters. The van der Waals surface area contributed by atoms with E-state index in [9.17, 15) is 18.0 Å². The molecule has 0 aromatic carbocycles. The van der Waals surface area contributed by atoms with E-state index < -0.39 is 23.9 Å². The number of alkyl halides is 3. The highest BCUT2D eigenvalue weighted by Crippen LogP contribution is 2.22. The van der Waals surface area contributed by atoms with E-state index in [0.29, 0.717) is 0 Å². The number of halogens is 3. The highest BCUT2D eigenvalue weighted by molar-refractivity contribution is 5.67. The van der Waals surface area contributed by atoms with Gasteiger partial charge in [-0.2, -0.15) is 13.2 Å². The normalized spacial score (nSPS) is 14.2. The average Bonchev–Trinajstić information content (AvgIpc) is 2.17. The molecule has 1 unspecified atom stereocenters. The van der Waals surface area contributed by atoms with Gasteiger partial charge in [0.15, 0.2) is 0 Å². The lowest BCUT2D eigenvalue weighted by Gasteiger charge is -2.23. The first-order valence-electron chi connectivity index (χ1n) is 6.68. The first kappa shape index (κ1) is 19.0. The van der Waals surface area contributed by atoms with Gasteiger partial charge >= 0.3 is 12.3 Å². The van der Waals surface area contributed by atoms with Crippen LogP contribution in [0.3, 0.4) is 0 Å². The molecule has 0 rings (SSSR count). The lowest BCUT2D eigenvalue weighted by Crippen LogP contribution is -2.46. The molecule has 1 amide bonds. The lowest BCUT2D eigenvalue weighted by molar-refractivity contribution is -0.157. The van der Waals surface area contributed by atoms with Gasteiger partial charge in [-0.05, 0) is 39.7 Å². The number of ether oxygens (including phenoxy) is 1. The van der Waals surface area contributed by atoms with E-state index in [2.05, 4.69) is 10.6 Å². The fourth-order valence-electron chi connectivity index (χ4n) is 1.39. The Morgan fingerprint density at radius 1 is 1.20 bits per heavy atom. The number of carbonyl (C=O) groups is 1. The van der Waals surface area contributed by atoms with Crippen LogP contribution in [0.25, 0.3) is 0 Å². The molecule has 120 valence electrons. The van der Waals surface area contributed by atoms with Crippen molar-refractivity contribution in [2.75, 3.05) is 13.1 Å². The Balaban J connectivity index is 4.18. The Hall–Kier alpha value is -0.980. The van der Waals surface area contributed by atoms with Gasteiger partial charge in [-0.15, -0.1) is 0 Å². The summed E-state index contributed by atoms with van der Waals surface area (Å²) in [6, 6.07) is -1.63. The average molecular weight is 298 g/mol. The van der Waals surface area contributed by atoms with Gasteiger partial charge < -0.3 is 15.4 Å². The molecular formula is C13H25F3N2O2. The van der Waals surface area contributed by atoms with Gasteiger partial charge in [0.1, 0.15) is 11.6 Å². The number of carbonyl (C=O) groups excluding carboxylic acids is 1. The third-order valence-electron chi connectivity index (χ3n) is 2.27. The van der Waals surface area contributed by atoms with E-state index in [-0.39, 0.29) is 25.4 Å². The van der Waals surface area contributed by atoms with Gasteiger partial charge in [0.2, 0.25) is 0 Å².